The van der Waals surface area contributed by atoms with Gasteiger partial charge in [0.1, 0.15) is 11.3 Å². The summed E-state index contributed by atoms with van der Waals surface area (Å²) in [7, 11) is 3.41. The molecule has 0 radical (unpaired) electrons. The number of benzene rings is 2. The molecule has 0 spiro atoms. The number of hydrogen-bond acceptors (Lipinski definition) is 6. The lowest BCUT2D eigenvalue weighted by Gasteiger charge is -2.44. The van der Waals surface area contributed by atoms with Gasteiger partial charge in [0, 0.05) is 61.0 Å². The fourth-order valence-electron chi connectivity index (χ4n) is 5.35. The van der Waals surface area contributed by atoms with Gasteiger partial charge in [0.25, 0.3) is 0 Å². The van der Waals surface area contributed by atoms with Crippen molar-refractivity contribution < 1.29 is 23.8 Å². The molecule has 2 aromatic heterocycles. The first kappa shape index (κ1) is 24.8. The van der Waals surface area contributed by atoms with Gasteiger partial charge in [-0.15, -0.1) is 0 Å². The molecule has 1 aliphatic rings. The maximum absolute atomic E-state index is 15.5. The van der Waals surface area contributed by atoms with Crippen molar-refractivity contribution in [3.8, 4) is 17.0 Å². The Kier molecular flexibility index (Phi) is 6.36. The number of carboxylic acid groups (broad SMARTS) is 1. The number of ether oxygens (including phenoxy) is 2. The molecule has 1 aliphatic heterocycles. The third-order valence-electron chi connectivity index (χ3n) is 6.93. The Morgan fingerprint density at radius 1 is 1.14 bits per heavy atom. The van der Waals surface area contributed by atoms with E-state index in [1.807, 2.05) is 63.2 Å². The summed E-state index contributed by atoms with van der Waals surface area (Å²) in [6.07, 6.45) is 0.987. The SMILES string of the molecule is COCOc1c(-c2ccc3cc(N4C[C@H](C)N(C(=O)O)[C@@H](C)C4)cc(F)c3n2)cc2cn(C)nc2c1C. The van der Waals surface area contributed by atoms with Gasteiger partial charge in [-0.3, -0.25) is 9.58 Å². The molecule has 2 aromatic carbocycles. The van der Waals surface area contributed by atoms with E-state index in [-0.39, 0.29) is 24.4 Å². The quantitative estimate of drug-likeness (QED) is 0.388. The fraction of sp³-hybridized carbons (Fsp3) is 0.370. The molecule has 194 valence electrons. The number of methoxy groups -OCH3 is 1. The molecule has 0 saturated carbocycles. The van der Waals surface area contributed by atoms with Crippen LogP contribution in [0.5, 0.6) is 5.75 Å². The van der Waals surface area contributed by atoms with Crippen LogP contribution in [0.15, 0.2) is 36.5 Å². The number of halogens is 1. The van der Waals surface area contributed by atoms with E-state index >= 15 is 4.39 Å². The van der Waals surface area contributed by atoms with Crippen molar-refractivity contribution in [2.75, 3.05) is 31.9 Å². The number of rotatable bonds is 5. The molecule has 0 aliphatic carbocycles. The number of aromatic nitrogens is 3. The van der Waals surface area contributed by atoms with Crippen LogP contribution < -0.4 is 9.64 Å². The van der Waals surface area contributed by atoms with Gasteiger partial charge in [-0.25, -0.2) is 14.2 Å². The average molecular weight is 508 g/mol. The Morgan fingerprint density at radius 2 is 1.86 bits per heavy atom. The minimum Gasteiger partial charge on any atom is -0.466 e. The minimum absolute atomic E-state index is 0.0590. The lowest BCUT2D eigenvalue weighted by molar-refractivity contribution is 0.0511. The molecular weight excluding hydrogens is 477 g/mol. The molecule has 1 amide bonds. The standard InChI is InChI=1S/C27H30FN5O4/c1-15-11-32(12-16(2)33(15)27(34)35)20-8-18-6-7-23(29-25(18)22(28)10-20)21-9-19-13-31(4)30-24(19)17(3)26(21)37-14-36-5/h6-10,13,15-16H,11-12,14H2,1-5H3,(H,34,35)/t15-,16-/m0/s1. The fourth-order valence-corrected chi connectivity index (χ4v) is 5.35. The molecule has 10 heteroatoms. The highest BCUT2D eigenvalue weighted by Crippen LogP contribution is 2.38. The third-order valence-corrected chi connectivity index (χ3v) is 6.93. The molecule has 1 saturated heterocycles. The van der Waals surface area contributed by atoms with E-state index in [0.717, 1.165) is 22.0 Å². The van der Waals surface area contributed by atoms with Gasteiger partial charge in [-0.2, -0.15) is 5.10 Å². The Labute approximate surface area is 214 Å². The van der Waals surface area contributed by atoms with Gasteiger partial charge in [0.05, 0.1) is 23.3 Å². The highest BCUT2D eigenvalue weighted by atomic mass is 19.1. The first-order valence-electron chi connectivity index (χ1n) is 12.1. The number of nitrogens with zero attached hydrogens (tertiary/aromatic N) is 5. The molecule has 5 rings (SSSR count). The van der Waals surface area contributed by atoms with Crippen LogP contribution in [0.2, 0.25) is 0 Å². The zero-order valence-electron chi connectivity index (χ0n) is 21.5. The van der Waals surface area contributed by atoms with Gasteiger partial charge < -0.3 is 19.5 Å². The van der Waals surface area contributed by atoms with Crippen LogP contribution in [0.25, 0.3) is 33.1 Å². The molecule has 1 N–H and O–H groups in total. The van der Waals surface area contributed by atoms with Crippen molar-refractivity contribution >= 4 is 33.6 Å². The van der Waals surface area contributed by atoms with Crippen molar-refractivity contribution in [1.29, 1.82) is 0 Å². The Hall–Kier alpha value is -3.92. The van der Waals surface area contributed by atoms with Crippen molar-refractivity contribution in [2.24, 2.45) is 7.05 Å². The zero-order chi connectivity index (χ0) is 26.4. The Bertz CT molecular complexity index is 1490. The molecule has 0 bridgehead atoms. The Morgan fingerprint density at radius 3 is 2.54 bits per heavy atom. The first-order valence-corrected chi connectivity index (χ1v) is 12.1. The van der Waals surface area contributed by atoms with E-state index < -0.39 is 11.9 Å². The smallest absolute Gasteiger partial charge is 0.407 e. The van der Waals surface area contributed by atoms with Crippen molar-refractivity contribution in [3.05, 3.63) is 47.9 Å². The number of pyridine rings is 1. The molecule has 1 fully saturated rings. The molecular formula is C27H30FN5O4. The van der Waals surface area contributed by atoms with Gasteiger partial charge >= 0.3 is 6.09 Å². The number of amides is 1. The summed E-state index contributed by atoms with van der Waals surface area (Å²) < 4.78 is 28.3. The van der Waals surface area contributed by atoms with Crippen LogP contribution in [0, 0.1) is 12.7 Å². The van der Waals surface area contributed by atoms with E-state index in [1.54, 1.807) is 11.8 Å². The van der Waals surface area contributed by atoms with Gasteiger partial charge in [0.2, 0.25) is 0 Å². The number of fused-ring (bicyclic) bond motifs is 2. The normalized spacial score (nSPS) is 18.1. The molecule has 37 heavy (non-hydrogen) atoms. The van der Waals surface area contributed by atoms with Crippen LogP contribution in [-0.4, -0.2) is 69.9 Å². The van der Waals surface area contributed by atoms with E-state index in [0.29, 0.717) is 35.6 Å². The van der Waals surface area contributed by atoms with E-state index in [1.165, 1.54) is 11.0 Å². The number of anilines is 1. The van der Waals surface area contributed by atoms with Crippen LogP contribution in [0.4, 0.5) is 14.9 Å². The highest BCUT2D eigenvalue weighted by Gasteiger charge is 2.33. The lowest BCUT2D eigenvalue weighted by Crippen LogP contribution is -2.58. The largest absolute Gasteiger partial charge is 0.466 e. The number of piperazine rings is 1. The highest BCUT2D eigenvalue weighted by molar-refractivity contribution is 5.92. The van der Waals surface area contributed by atoms with Crippen LogP contribution in [0.3, 0.4) is 0 Å². The molecule has 2 atom stereocenters. The molecule has 9 nitrogen and oxygen atoms in total. The van der Waals surface area contributed by atoms with E-state index in [2.05, 4.69) is 5.10 Å². The predicted molar refractivity (Wildman–Crippen MR) is 140 cm³/mol. The topological polar surface area (TPSA) is 93.0 Å². The molecule has 0 unspecified atom stereocenters. The van der Waals surface area contributed by atoms with Crippen molar-refractivity contribution in [1.82, 2.24) is 19.7 Å². The third kappa shape index (κ3) is 4.42. The average Bonchev–Trinajstić information content (AvgIpc) is 3.23. The van der Waals surface area contributed by atoms with Crippen LogP contribution in [0.1, 0.15) is 19.4 Å². The number of hydrogen-bond donors (Lipinski definition) is 1. The van der Waals surface area contributed by atoms with Crippen molar-refractivity contribution in [2.45, 2.75) is 32.9 Å². The van der Waals surface area contributed by atoms with Crippen molar-refractivity contribution in [3.63, 3.8) is 0 Å². The number of carbonyl (C=O) groups is 1. The van der Waals surface area contributed by atoms with Crippen LogP contribution >= 0.6 is 0 Å². The predicted octanol–water partition coefficient (Wildman–Crippen LogP) is 4.80. The van der Waals surface area contributed by atoms with Gasteiger partial charge in [-0.1, -0.05) is 6.07 Å². The molecule has 3 heterocycles. The summed E-state index contributed by atoms with van der Waals surface area (Å²) >= 11 is 0. The number of aryl methyl sites for hydroxylation is 2. The minimum atomic E-state index is -0.936. The summed E-state index contributed by atoms with van der Waals surface area (Å²) in [6, 6.07) is 8.62. The van der Waals surface area contributed by atoms with E-state index in [4.69, 9.17) is 14.5 Å². The maximum Gasteiger partial charge on any atom is 0.407 e. The first-order chi connectivity index (χ1) is 17.7. The van der Waals surface area contributed by atoms with Gasteiger partial charge in [-0.05, 0) is 45.0 Å². The summed E-state index contributed by atoms with van der Waals surface area (Å²) in [5.74, 6) is 0.157. The second-order valence-corrected chi connectivity index (χ2v) is 9.66. The summed E-state index contributed by atoms with van der Waals surface area (Å²) in [5.41, 5.74) is 3.95. The van der Waals surface area contributed by atoms with Crippen LogP contribution in [-0.2, 0) is 11.8 Å². The second-order valence-electron chi connectivity index (χ2n) is 9.66. The monoisotopic (exact) mass is 507 g/mol. The lowest BCUT2D eigenvalue weighted by atomic mass is 10.0. The van der Waals surface area contributed by atoms with E-state index in [9.17, 15) is 9.90 Å². The summed E-state index contributed by atoms with van der Waals surface area (Å²) in [5, 5.41) is 15.6. The maximum atomic E-state index is 15.5. The van der Waals surface area contributed by atoms with Gasteiger partial charge in [0.15, 0.2) is 12.6 Å². The Balaban J connectivity index is 1.55. The summed E-state index contributed by atoms with van der Waals surface area (Å²) in [4.78, 5) is 19.8. The zero-order valence-corrected chi connectivity index (χ0v) is 21.5. The second kappa shape index (κ2) is 9.51. The summed E-state index contributed by atoms with van der Waals surface area (Å²) in [6.45, 7) is 6.70. The molecule has 4 aromatic rings.